The number of amides is 1. The predicted octanol–water partition coefficient (Wildman–Crippen LogP) is 4.41. The van der Waals surface area contributed by atoms with Gasteiger partial charge in [-0.15, -0.1) is 11.8 Å². The molecule has 25 heavy (non-hydrogen) atoms. The first-order valence-corrected chi connectivity index (χ1v) is 9.95. The van der Waals surface area contributed by atoms with Crippen LogP contribution in [-0.2, 0) is 9.53 Å². The van der Waals surface area contributed by atoms with Crippen molar-refractivity contribution in [1.29, 1.82) is 0 Å². The number of rotatable bonds is 5. The second-order valence-corrected chi connectivity index (χ2v) is 8.15. The van der Waals surface area contributed by atoms with Crippen LogP contribution in [0.1, 0.15) is 6.92 Å². The molecule has 6 heteroatoms. The zero-order valence-electron chi connectivity index (χ0n) is 14.1. The molecule has 1 N–H and O–H groups in total. The van der Waals surface area contributed by atoms with E-state index >= 15 is 0 Å². The van der Waals surface area contributed by atoms with Crippen molar-refractivity contribution in [3.63, 3.8) is 0 Å². The second-order valence-electron chi connectivity index (χ2n) is 5.82. The van der Waals surface area contributed by atoms with E-state index in [1.54, 1.807) is 11.8 Å². The molecule has 0 spiro atoms. The lowest BCUT2D eigenvalue weighted by Crippen LogP contribution is -2.37. The van der Waals surface area contributed by atoms with Crippen molar-refractivity contribution < 1.29 is 9.53 Å². The van der Waals surface area contributed by atoms with Crippen LogP contribution in [0.5, 0.6) is 0 Å². The Hall–Kier alpha value is -1.50. The van der Waals surface area contributed by atoms with Crippen LogP contribution in [0, 0.1) is 0 Å². The average molecular weight is 421 g/mol. The fourth-order valence-corrected chi connectivity index (χ4v) is 3.93. The van der Waals surface area contributed by atoms with Crippen LogP contribution < -0.4 is 10.2 Å². The number of hydrogen-bond donors (Lipinski definition) is 1. The minimum absolute atomic E-state index is 0.00135. The van der Waals surface area contributed by atoms with Crippen molar-refractivity contribution in [2.45, 2.75) is 17.1 Å². The average Bonchev–Trinajstić information content (AvgIpc) is 2.63. The Bertz CT molecular complexity index is 721. The summed E-state index contributed by atoms with van der Waals surface area (Å²) in [5.41, 5.74) is 1.87. The molecule has 0 bridgehead atoms. The molecular weight excluding hydrogens is 400 g/mol. The predicted molar refractivity (Wildman–Crippen MR) is 108 cm³/mol. The summed E-state index contributed by atoms with van der Waals surface area (Å²) in [5, 5.41) is 2.91. The van der Waals surface area contributed by atoms with Gasteiger partial charge in [-0.2, -0.15) is 0 Å². The maximum atomic E-state index is 12.7. The van der Waals surface area contributed by atoms with E-state index in [1.165, 1.54) is 0 Å². The van der Waals surface area contributed by atoms with Crippen LogP contribution in [0.3, 0.4) is 0 Å². The minimum Gasteiger partial charge on any atom is -0.378 e. The number of anilines is 2. The number of ether oxygens (including phenoxy) is 1. The van der Waals surface area contributed by atoms with Gasteiger partial charge >= 0.3 is 0 Å². The Morgan fingerprint density at radius 3 is 2.64 bits per heavy atom. The van der Waals surface area contributed by atoms with E-state index in [1.807, 2.05) is 55.5 Å². The summed E-state index contributed by atoms with van der Waals surface area (Å²) in [5.74, 6) is 0.00135. The zero-order chi connectivity index (χ0) is 17.6. The molecular formula is C19H21BrN2O2S. The van der Waals surface area contributed by atoms with Gasteiger partial charge in [-0.25, -0.2) is 0 Å². The fourth-order valence-electron chi connectivity index (χ4n) is 2.68. The molecule has 0 saturated carbocycles. The molecule has 0 radical (unpaired) electrons. The van der Waals surface area contributed by atoms with Crippen LogP contribution in [0.2, 0.25) is 0 Å². The summed E-state index contributed by atoms with van der Waals surface area (Å²) >= 11 is 5.06. The Kier molecular flexibility index (Phi) is 6.39. The quantitative estimate of drug-likeness (QED) is 0.727. The molecule has 1 aliphatic rings. The Morgan fingerprint density at radius 1 is 1.20 bits per heavy atom. The highest BCUT2D eigenvalue weighted by Gasteiger charge is 2.19. The fraction of sp³-hybridized carbons (Fsp3) is 0.316. The zero-order valence-corrected chi connectivity index (χ0v) is 16.5. The van der Waals surface area contributed by atoms with E-state index < -0.39 is 0 Å². The highest BCUT2D eigenvalue weighted by Crippen LogP contribution is 2.31. The molecule has 2 aromatic rings. The standard InChI is InChI=1S/C19H21BrN2O2S/c1-14(25-16-5-3-2-4-6-16)19(23)21-17-13-15(20)7-8-18(17)22-9-11-24-12-10-22/h2-8,13-14H,9-12H2,1H3,(H,21,23). The van der Waals surface area contributed by atoms with Crippen molar-refractivity contribution in [2.24, 2.45) is 0 Å². The molecule has 0 aromatic heterocycles. The first-order valence-electron chi connectivity index (χ1n) is 8.28. The molecule has 3 rings (SSSR count). The molecule has 1 aliphatic heterocycles. The van der Waals surface area contributed by atoms with Crippen molar-refractivity contribution in [2.75, 3.05) is 36.5 Å². The summed E-state index contributed by atoms with van der Waals surface area (Å²) in [6.45, 7) is 5.02. The van der Waals surface area contributed by atoms with Crippen LogP contribution in [0.15, 0.2) is 57.9 Å². The Labute approximate surface area is 161 Å². The summed E-state index contributed by atoms with van der Waals surface area (Å²) in [6, 6.07) is 16.0. The molecule has 0 aliphatic carbocycles. The molecule has 1 heterocycles. The van der Waals surface area contributed by atoms with Gasteiger partial charge in [0, 0.05) is 22.5 Å². The number of nitrogens with one attached hydrogen (secondary N) is 1. The number of benzene rings is 2. The maximum absolute atomic E-state index is 12.7. The van der Waals surface area contributed by atoms with E-state index in [4.69, 9.17) is 4.74 Å². The lowest BCUT2D eigenvalue weighted by molar-refractivity contribution is -0.115. The van der Waals surface area contributed by atoms with Gasteiger partial charge in [-0.3, -0.25) is 4.79 Å². The number of carbonyl (C=O) groups excluding carboxylic acids is 1. The molecule has 1 unspecified atom stereocenters. The number of carbonyl (C=O) groups is 1. The van der Waals surface area contributed by atoms with Gasteiger partial charge in [0.1, 0.15) is 0 Å². The molecule has 1 amide bonds. The monoisotopic (exact) mass is 420 g/mol. The smallest absolute Gasteiger partial charge is 0.237 e. The van der Waals surface area contributed by atoms with E-state index in [0.717, 1.165) is 33.8 Å². The topological polar surface area (TPSA) is 41.6 Å². The largest absolute Gasteiger partial charge is 0.378 e. The van der Waals surface area contributed by atoms with Crippen LogP contribution in [0.25, 0.3) is 0 Å². The van der Waals surface area contributed by atoms with E-state index in [9.17, 15) is 4.79 Å². The lowest BCUT2D eigenvalue weighted by Gasteiger charge is -2.30. The number of nitrogens with zero attached hydrogens (tertiary/aromatic N) is 1. The van der Waals surface area contributed by atoms with Crippen molar-refractivity contribution >= 4 is 45.0 Å². The van der Waals surface area contributed by atoms with Crippen molar-refractivity contribution in [1.82, 2.24) is 0 Å². The normalized spacial score (nSPS) is 15.7. The SMILES string of the molecule is CC(Sc1ccccc1)C(=O)Nc1cc(Br)ccc1N1CCOCC1. The van der Waals surface area contributed by atoms with Crippen LogP contribution in [0.4, 0.5) is 11.4 Å². The van der Waals surface area contributed by atoms with Crippen LogP contribution in [-0.4, -0.2) is 37.5 Å². The Morgan fingerprint density at radius 2 is 1.92 bits per heavy atom. The molecule has 1 saturated heterocycles. The van der Waals surface area contributed by atoms with E-state index in [2.05, 4.69) is 26.1 Å². The van der Waals surface area contributed by atoms with Gasteiger partial charge in [-0.1, -0.05) is 34.1 Å². The van der Waals surface area contributed by atoms with Crippen LogP contribution >= 0.6 is 27.7 Å². The second kappa shape index (κ2) is 8.74. The third-order valence-electron chi connectivity index (χ3n) is 3.99. The van der Waals surface area contributed by atoms with Gasteiger partial charge in [-0.05, 0) is 37.3 Å². The van der Waals surface area contributed by atoms with Gasteiger partial charge in [0.25, 0.3) is 0 Å². The van der Waals surface area contributed by atoms with Gasteiger partial charge in [0.15, 0.2) is 0 Å². The maximum Gasteiger partial charge on any atom is 0.237 e. The molecule has 4 nitrogen and oxygen atoms in total. The molecule has 132 valence electrons. The highest BCUT2D eigenvalue weighted by molar-refractivity contribution is 9.10. The van der Waals surface area contributed by atoms with E-state index in [-0.39, 0.29) is 11.2 Å². The van der Waals surface area contributed by atoms with Gasteiger partial charge in [0.05, 0.1) is 29.8 Å². The summed E-state index contributed by atoms with van der Waals surface area (Å²) in [7, 11) is 0. The van der Waals surface area contributed by atoms with Crippen molar-refractivity contribution in [3.8, 4) is 0 Å². The molecule has 1 fully saturated rings. The molecule has 1 atom stereocenters. The number of morpholine rings is 1. The third-order valence-corrected chi connectivity index (χ3v) is 5.60. The minimum atomic E-state index is -0.182. The first-order chi connectivity index (χ1) is 12.1. The third kappa shape index (κ3) is 5.00. The van der Waals surface area contributed by atoms with Gasteiger partial charge in [0.2, 0.25) is 5.91 Å². The Balaban J connectivity index is 1.72. The highest BCUT2D eigenvalue weighted by atomic mass is 79.9. The summed E-state index contributed by atoms with van der Waals surface area (Å²) in [4.78, 5) is 16.0. The lowest BCUT2D eigenvalue weighted by atomic mass is 10.2. The van der Waals surface area contributed by atoms with E-state index in [0.29, 0.717) is 13.2 Å². The van der Waals surface area contributed by atoms with Gasteiger partial charge < -0.3 is 15.0 Å². The number of hydrogen-bond acceptors (Lipinski definition) is 4. The summed E-state index contributed by atoms with van der Waals surface area (Å²) in [6.07, 6.45) is 0. The first kappa shape index (κ1) is 18.3. The van der Waals surface area contributed by atoms with Crippen molar-refractivity contribution in [3.05, 3.63) is 53.0 Å². The molecule has 2 aromatic carbocycles. The number of thioether (sulfide) groups is 1. The number of halogens is 1. The summed E-state index contributed by atoms with van der Waals surface area (Å²) < 4.78 is 6.38.